The number of aryl methyl sites for hydroxylation is 1. The minimum Gasteiger partial charge on any atom is -0.489 e. The largest absolute Gasteiger partial charge is 0.489 e. The summed E-state index contributed by atoms with van der Waals surface area (Å²) in [5.74, 6) is 0.503. The van der Waals surface area contributed by atoms with Gasteiger partial charge in [-0.3, -0.25) is 9.59 Å². The Morgan fingerprint density at radius 1 is 1.00 bits per heavy atom. The van der Waals surface area contributed by atoms with Gasteiger partial charge in [0.1, 0.15) is 12.4 Å². The molecule has 2 amide bonds. The quantitative estimate of drug-likeness (QED) is 0.419. The summed E-state index contributed by atoms with van der Waals surface area (Å²) >= 11 is 0. The molecule has 6 nitrogen and oxygen atoms in total. The Kier molecular flexibility index (Phi) is 7.71. The van der Waals surface area contributed by atoms with Crippen molar-refractivity contribution in [3.8, 4) is 5.75 Å². The Morgan fingerprint density at radius 2 is 1.74 bits per heavy atom. The van der Waals surface area contributed by atoms with Crippen LogP contribution in [0, 0.1) is 12.8 Å². The fourth-order valence-corrected chi connectivity index (χ4v) is 4.02. The summed E-state index contributed by atoms with van der Waals surface area (Å²) in [5, 5.41) is 4.13. The van der Waals surface area contributed by atoms with Crippen LogP contribution in [0.3, 0.4) is 0 Å². The van der Waals surface area contributed by atoms with Crippen molar-refractivity contribution in [2.24, 2.45) is 11.0 Å². The summed E-state index contributed by atoms with van der Waals surface area (Å²) in [6, 6.07) is 25.2. The summed E-state index contributed by atoms with van der Waals surface area (Å²) in [5.41, 5.74) is 6.28. The number of hydrogen-bond acceptors (Lipinski definition) is 4. The van der Waals surface area contributed by atoms with Crippen LogP contribution in [0.5, 0.6) is 5.75 Å². The van der Waals surface area contributed by atoms with Gasteiger partial charge in [0.15, 0.2) is 0 Å². The Morgan fingerprint density at radius 3 is 2.50 bits per heavy atom. The lowest BCUT2D eigenvalue weighted by molar-refractivity contribution is -0.126. The van der Waals surface area contributed by atoms with Crippen molar-refractivity contribution in [3.63, 3.8) is 0 Å². The Hall–Kier alpha value is -3.93. The maximum absolute atomic E-state index is 12.8. The van der Waals surface area contributed by atoms with Gasteiger partial charge in [-0.15, -0.1) is 0 Å². The van der Waals surface area contributed by atoms with Gasteiger partial charge in [-0.2, -0.15) is 5.10 Å². The van der Waals surface area contributed by atoms with Crippen LogP contribution in [0.2, 0.25) is 0 Å². The summed E-state index contributed by atoms with van der Waals surface area (Å²) < 4.78 is 5.84. The van der Waals surface area contributed by atoms with E-state index in [2.05, 4.69) is 10.5 Å². The van der Waals surface area contributed by atoms with Gasteiger partial charge in [0.2, 0.25) is 5.91 Å². The van der Waals surface area contributed by atoms with Crippen LogP contribution in [0.1, 0.15) is 39.9 Å². The van der Waals surface area contributed by atoms with Crippen molar-refractivity contribution in [1.82, 2.24) is 10.3 Å². The molecule has 0 unspecified atom stereocenters. The minimum absolute atomic E-state index is 0.0318. The number of rotatable bonds is 7. The lowest BCUT2D eigenvalue weighted by Gasteiger charge is -2.31. The number of carbonyl (C=O) groups is 2. The van der Waals surface area contributed by atoms with Gasteiger partial charge in [0.05, 0.1) is 6.21 Å². The van der Waals surface area contributed by atoms with E-state index in [9.17, 15) is 9.59 Å². The SMILES string of the molecule is Cc1ccccc1C(=O)N1CCC(C(=O)N/N=C\c2cccc(OCc3ccccc3)c2)CC1. The Labute approximate surface area is 200 Å². The van der Waals surface area contributed by atoms with Crippen molar-refractivity contribution in [1.29, 1.82) is 0 Å². The maximum Gasteiger partial charge on any atom is 0.254 e. The third kappa shape index (κ3) is 6.10. The van der Waals surface area contributed by atoms with Gasteiger partial charge in [0, 0.05) is 24.6 Å². The summed E-state index contributed by atoms with van der Waals surface area (Å²) in [7, 11) is 0. The predicted molar refractivity (Wildman–Crippen MR) is 133 cm³/mol. The number of likely N-dealkylation sites (tertiary alicyclic amines) is 1. The molecule has 34 heavy (non-hydrogen) atoms. The molecule has 0 radical (unpaired) electrons. The topological polar surface area (TPSA) is 71.0 Å². The summed E-state index contributed by atoms with van der Waals surface area (Å²) in [4.78, 5) is 27.2. The summed E-state index contributed by atoms with van der Waals surface area (Å²) in [6.07, 6.45) is 2.87. The smallest absolute Gasteiger partial charge is 0.254 e. The molecule has 174 valence electrons. The first-order chi connectivity index (χ1) is 16.6. The van der Waals surface area contributed by atoms with E-state index < -0.39 is 0 Å². The van der Waals surface area contributed by atoms with Gasteiger partial charge in [-0.1, -0.05) is 60.7 Å². The van der Waals surface area contributed by atoms with E-state index in [1.165, 1.54) is 0 Å². The monoisotopic (exact) mass is 455 g/mol. The molecule has 4 rings (SSSR count). The summed E-state index contributed by atoms with van der Waals surface area (Å²) in [6.45, 7) is 3.56. The molecule has 0 aromatic heterocycles. The van der Waals surface area contributed by atoms with Crippen LogP contribution in [0.15, 0.2) is 84.0 Å². The van der Waals surface area contributed by atoms with E-state index in [4.69, 9.17) is 4.74 Å². The van der Waals surface area contributed by atoms with Crippen LogP contribution in [0.4, 0.5) is 0 Å². The van der Waals surface area contributed by atoms with E-state index in [1.807, 2.05) is 90.7 Å². The molecule has 6 heteroatoms. The van der Waals surface area contributed by atoms with Crippen LogP contribution in [-0.4, -0.2) is 36.0 Å². The fraction of sp³-hybridized carbons (Fsp3) is 0.250. The van der Waals surface area contributed by atoms with Crippen LogP contribution < -0.4 is 10.2 Å². The molecule has 3 aromatic carbocycles. The predicted octanol–water partition coefficient (Wildman–Crippen LogP) is 4.58. The van der Waals surface area contributed by atoms with Gasteiger partial charge in [0.25, 0.3) is 5.91 Å². The number of piperidine rings is 1. The normalized spacial score (nSPS) is 14.2. The number of ether oxygens (including phenoxy) is 1. The van der Waals surface area contributed by atoms with E-state index in [0.29, 0.717) is 32.5 Å². The average molecular weight is 456 g/mol. The molecule has 0 bridgehead atoms. The zero-order valence-corrected chi connectivity index (χ0v) is 19.3. The van der Waals surface area contributed by atoms with Gasteiger partial charge < -0.3 is 9.64 Å². The molecule has 3 aromatic rings. The Balaban J connectivity index is 1.24. The molecule has 1 fully saturated rings. The molecule has 0 atom stereocenters. The second kappa shape index (κ2) is 11.3. The highest BCUT2D eigenvalue weighted by Crippen LogP contribution is 2.20. The second-order valence-electron chi connectivity index (χ2n) is 8.46. The van der Waals surface area contributed by atoms with Crippen LogP contribution >= 0.6 is 0 Å². The number of hydrazone groups is 1. The molecule has 0 saturated carbocycles. The van der Waals surface area contributed by atoms with Gasteiger partial charge >= 0.3 is 0 Å². The van der Waals surface area contributed by atoms with Crippen molar-refractivity contribution in [2.45, 2.75) is 26.4 Å². The molecule has 0 aliphatic carbocycles. The lowest BCUT2D eigenvalue weighted by atomic mass is 9.95. The van der Waals surface area contributed by atoms with Crippen LogP contribution in [0.25, 0.3) is 0 Å². The van der Waals surface area contributed by atoms with E-state index in [1.54, 1.807) is 6.21 Å². The third-order valence-corrected chi connectivity index (χ3v) is 6.02. The van der Waals surface area contributed by atoms with E-state index >= 15 is 0 Å². The number of hydrogen-bond donors (Lipinski definition) is 1. The zero-order chi connectivity index (χ0) is 23.8. The lowest BCUT2D eigenvalue weighted by Crippen LogP contribution is -2.42. The van der Waals surface area contributed by atoms with Crippen molar-refractivity contribution >= 4 is 18.0 Å². The molecule has 1 aliphatic rings. The third-order valence-electron chi connectivity index (χ3n) is 6.02. The molecular weight excluding hydrogens is 426 g/mol. The van der Waals surface area contributed by atoms with Gasteiger partial charge in [-0.05, 0) is 54.7 Å². The number of carbonyl (C=O) groups excluding carboxylic acids is 2. The molecule has 0 spiro atoms. The molecule has 1 heterocycles. The highest BCUT2D eigenvalue weighted by molar-refractivity contribution is 5.95. The first-order valence-electron chi connectivity index (χ1n) is 11.5. The second-order valence-corrected chi connectivity index (χ2v) is 8.46. The molecule has 1 N–H and O–H groups in total. The minimum atomic E-state index is -0.154. The highest BCUT2D eigenvalue weighted by atomic mass is 16.5. The maximum atomic E-state index is 12.8. The van der Waals surface area contributed by atoms with Crippen LogP contribution in [-0.2, 0) is 11.4 Å². The average Bonchev–Trinajstić information content (AvgIpc) is 2.88. The zero-order valence-electron chi connectivity index (χ0n) is 19.3. The first kappa shape index (κ1) is 23.2. The first-order valence-corrected chi connectivity index (χ1v) is 11.5. The number of nitrogens with zero attached hydrogens (tertiary/aromatic N) is 2. The van der Waals surface area contributed by atoms with Gasteiger partial charge in [-0.25, -0.2) is 5.43 Å². The molecule has 1 aliphatic heterocycles. The number of benzene rings is 3. The highest BCUT2D eigenvalue weighted by Gasteiger charge is 2.28. The molecule has 1 saturated heterocycles. The fourth-order valence-electron chi connectivity index (χ4n) is 4.02. The van der Waals surface area contributed by atoms with E-state index in [-0.39, 0.29) is 17.7 Å². The number of amides is 2. The van der Waals surface area contributed by atoms with E-state index in [0.717, 1.165) is 28.0 Å². The van der Waals surface area contributed by atoms with Crippen molar-refractivity contribution in [3.05, 3.63) is 101 Å². The standard InChI is InChI=1S/C28H29N3O3/c1-21-8-5-6-13-26(21)28(33)31-16-14-24(15-17-31)27(32)30-29-19-23-11-7-12-25(18-23)34-20-22-9-3-2-4-10-22/h2-13,18-19,24H,14-17,20H2,1H3,(H,30,32)/b29-19-. The Bertz CT molecular complexity index is 1150. The molecular formula is C28H29N3O3. The van der Waals surface area contributed by atoms with Crippen molar-refractivity contribution < 1.29 is 14.3 Å². The van der Waals surface area contributed by atoms with Crippen molar-refractivity contribution in [2.75, 3.05) is 13.1 Å². The number of nitrogens with one attached hydrogen (secondary N) is 1.